The largest absolute Gasteiger partial charge is 0.468 e. The maximum Gasteiger partial charge on any atom is 0.315 e. The second-order valence-electron chi connectivity index (χ2n) is 5.69. The summed E-state index contributed by atoms with van der Waals surface area (Å²) in [5.41, 5.74) is 3.29. The number of hydrogen-bond acceptors (Lipinski definition) is 3. The normalized spacial score (nSPS) is 18.4. The average molecular weight is 307 g/mol. The van der Waals surface area contributed by atoms with Crippen molar-refractivity contribution in [1.29, 1.82) is 0 Å². The molecule has 1 heterocycles. The second kappa shape index (κ2) is 7.25. The summed E-state index contributed by atoms with van der Waals surface area (Å²) in [5, 5.41) is 3.39. The molecule has 2 aromatic carbocycles. The second-order valence-corrected chi connectivity index (χ2v) is 5.69. The van der Waals surface area contributed by atoms with Gasteiger partial charge in [-0.15, -0.1) is 0 Å². The Kier molecular flexibility index (Phi) is 4.89. The SMILES string of the molecule is COC(=O)[C@@H](c1ccc(-c2ccccc2)cc1)[C@@H]1C=CCCN1. The first-order chi connectivity index (χ1) is 11.3. The molecule has 1 N–H and O–H groups in total. The van der Waals surface area contributed by atoms with Gasteiger partial charge in [0.05, 0.1) is 7.11 Å². The number of rotatable bonds is 4. The molecule has 3 heteroatoms. The quantitative estimate of drug-likeness (QED) is 0.694. The fourth-order valence-electron chi connectivity index (χ4n) is 3.00. The monoisotopic (exact) mass is 307 g/mol. The number of carbonyl (C=O) groups is 1. The molecule has 0 aromatic heterocycles. The van der Waals surface area contributed by atoms with Gasteiger partial charge < -0.3 is 10.1 Å². The van der Waals surface area contributed by atoms with Crippen LogP contribution in [0, 0.1) is 0 Å². The van der Waals surface area contributed by atoms with Crippen molar-refractivity contribution in [1.82, 2.24) is 5.32 Å². The van der Waals surface area contributed by atoms with E-state index in [1.165, 1.54) is 12.7 Å². The van der Waals surface area contributed by atoms with Crippen LogP contribution in [0.15, 0.2) is 66.7 Å². The molecule has 1 aliphatic rings. The molecule has 0 spiro atoms. The Morgan fingerprint density at radius 3 is 2.39 bits per heavy atom. The third-order valence-electron chi connectivity index (χ3n) is 4.23. The van der Waals surface area contributed by atoms with Gasteiger partial charge in [-0.05, 0) is 29.7 Å². The van der Waals surface area contributed by atoms with Gasteiger partial charge in [-0.1, -0.05) is 66.7 Å². The van der Waals surface area contributed by atoms with Gasteiger partial charge in [0, 0.05) is 6.04 Å². The number of ether oxygens (including phenoxy) is 1. The zero-order valence-electron chi connectivity index (χ0n) is 13.2. The predicted molar refractivity (Wildman–Crippen MR) is 92.2 cm³/mol. The number of esters is 1. The molecule has 2 atom stereocenters. The van der Waals surface area contributed by atoms with E-state index in [0.29, 0.717) is 0 Å². The predicted octanol–water partition coefficient (Wildman–Crippen LogP) is 3.53. The topological polar surface area (TPSA) is 38.3 Å². The minimum absolute atomic E-state index is 0.0150. The lowest BCUT2D eigenvalue weighted by Crippen LogP contribution is -2.39. The third kappa shape index (κ3) is 3.51. The summed E-state index contributed by atoms with van der Waals surface area (Å²) in [6, 6.07) is 18.4. The lowest BCUT2D eigenvalue weighted by Gasteiger charge is -2.26. The lowest BCUT2D eigenvalue weighted by atomic mass is 9.88. The smallest absolute Gasteiger partial charge is 0.315 e. The minimum atomic E-state index is -0.318. The van der Waals surface area contributed by atoms with E-state index in [4.69, 9.17) is 4.74 Å². The van der Waals surface area contributed by atoms with Gasteiger partial charge in [0.2, 0.25) is 0 Å². The van der Waals surface area contributed by atoms with E-state index >= 15 is 0 Å². The molecular formula is C20H21NO2. The van der Waals surface area contributed by atoms with E-state index in [9.17, 15) is 4.79 Å². The Morgan fingerprint density at radius 2 is 1.78 bits per heavy atom. The van der Waals surface area contributed by atoms with E-state index in [0.717, 1.165) is 24.1 Å². The van der Waals surface area contributed by atoms with Crippen LogP contribution in [0.25, 0.3) is 11.1 Å². The molecule has 0 unspecified atom stereocenters. The Labute approximate surface area is 137 Å². The summed E-state index contributed by atoms with van der Waals surface area (Å²) in [7, 11) is 1.44. The number of benzene rings is 2. The molecule has 0 aliphatic carbocycles. The van der Waals surface area contributed by atoms with Crippen molar-refractivity contribution >= 4 is 5.97 Å². The summed E-state index contributed by atoms with van der Waals surface area (Å²) < 4.78 is 5.02. The first-order valence-corrected chi connectivity index (χ1v) is 7.93. The molecule has 2 aromatic rings. The van der Waals surface area contributed by atoms with Crippen LogP contribution >= 0.6 is 0 Å². The summed E-state index contributed by atoms with van der Waals surface area (Å²) in [6.45, 7) is 0.886. The molecule has 23 heavy (non-hydrogen) atoms. The summed E-state index contributed by atoms with van der Waals surface area (Å²) in [6.07, 6.45) is 5.18. The van der Waals surface area contributed by atoms with Crippen LogP contribution in [0.2, 0.25) is 0 Å². The Morgan fingerprint density at radius 1 is 1.09 bits per heavy atom. The molecule has 1 aliphatic heterocycles. The van der Waals surface area contributed by atoms with E-state index in [1.807, 2.05) is 30.3 Å². The van der Waals surface area contributed by atoms with Crippen molar-refractivity contribution in [2.45, 2.75) is 18.4 Å². The molecule has 0 radical (unpaired) electrons. The summed E-state index contributed by atoms with van der Waals surface area (Å²) >= 11 is 0. The minimum Gasteiger partial charge on any atom is -0.468 e. The summed E-state index contributed by atoms with van der Waals surface area (Å²) in [4.78, 5) is 12.3. The average Bonchev–Trinajstić information content (AvgIpc) is 2.64. The molecule has 0 fully saturated rings. The van der Waals surface area contributed by atoms with Crippen LogP contribution in [0.3, 0.4) is 0 Å². The van der Waals surface area contributed by atoms with Gasteiger partial charge in [0.15, 0.2) is 0 Å². The van der Waals surface area contributed by atoms with Crippen LogP contribution in [0.5, 0.6) is 0 Å². The van der Waals surface area contributed by atoms with E-state index in [2.05, 4.69) is 41.7 Å². The van der Waals surface area contributed by atoms with Gasteiger partial charge in [-0.25, -0.2) is 0 Å². The Balaban J connectivity index is 1.89. The molecular weight excluding hydrogens is 286 g/mol. The maximum atomic E-state index is 12.3. The van der Waals surface area contributed by atoms with Gasteiger partial charge in [-0.2, -0.15) is 0 Å². The standard InChI is InChI=1S/C20H21NO2/c1-23-20(22)19(18-9-5-6-14-21-18)17-12-10-16(11-13-17)15-7-3-2-4-8-15/h2-5,7-13,18-19,21H,6,14H2,1H3/t18-,19-/m0/s1. The Hall–Kier alpha value is -2.39. The van der Waals surface area contributed by atoms with Crippen molar-refractivity contribution in [3.63, 3.8) is 0 Å². The Bertz CT molecular complexity index is 677. The van der Waals surface area contributed by atoms with Crippen molar-refractivity contribution in [3.05, 3.63) is 72.3 Å². The van der Waals surface area contributed by atoms with Gasteiger partial charge in [0.25, 0.3) is 0 Å². The van der Waals surface area contributed by atoms with Crippen molar-refractivity contribution < 1.29 is 9.53 Å². The highest BCUT2D eigenvalue weighted by atomic mass is 16.5. The number of nitrogens with one attached hydrogen (secondary N) is 1. The highest BCUT2D eigenvalue weighted by molar-refractivity contribution is 5.80. The number of hydrogen-bond donors (Lipinski definition) is 1. The van der Waals surface area contributed by atoms with E-state index in [-0.39, 0.29) is 17.9 Å². The molecule has 3 rings (SSSR count). The fourth-order valence-corrected chi connectivity index (χ4v) is 3.00. The summed E-state index contributed by atoms with van der Waals surface area (Å²) in [5.74, 6) is -0.525. The maximum absolute atomic E-state index is 12.3. The highest BCUT2D eigenvalue weighted by Gasteiger charge is 2.29. The highest BCUT2D eigenvalue weighted by Crippen LogP contribution is 2.27. The van der Waals surface area contributed by atoms with E-state index in [1.54, 1.807) is 0 Å². The zero-order chi connectivity index (χ0) is 16.1. The van der Waals surface area contributed by atoms with E-state index < -0.39 is 0 Å². The molecule has 0 amide bonds. The first kappa shape index (κ1) is 15.5. The van der Waals surface area contributed by atoms with Crippen LogP contribution in [-0.2, 0) is 9.53 Å². The third-order valence-corrected chi connectivity index (χ3v) is 4.23. The van der Waals surface area contributed by atoms with Gasteiger partial charge in [-0.3, -0.25) is 4.79 Å². The molecule has 3 nitrogen and oxygen atoms in total. The molecule has 0 saturated carbocycles. The van der Waals surface area contributed by atoms with Crippen LogP contribution in [0.4, 0.5) is 0 Å². The van der Waals surface area contributed by atoms with Crippen molar-refractivity contribution in [2.75, 3.05) is 13.7 Å². The zero-order valence-corrected chi connectivity index (χ0v) is 13.2. The van der Waals surface area contributed by atoms with Gasteiger partial charge >= 0.3 is 5.97 Å². The number of methoxy groups -OCH3 is 1. The number of carbonyl (C=O) groups excluding carboxylic acids is 1. The van der Waals surface area contributed by atoms with Crippen LogP contribution < -0.4 is 5.32 Å². The lowest BCUT2D eigenvalue weighted by molar-refractivity contribution is -0.142. The van der Waals surface area contributed by atoms with Crippen molar-refractivity contribution in [2.24, 2.45) is 0 Å². The fraction of sp³-hybridized carbons (Fsp3) is 0.250. The molecule has 0 bridgehead atoms. The van der Waals surface area contributed by atoms with Gasteiger partial charge in [0.1, 0.15) is 5.92 Å². The first-order valence-electron chi connectivity index (χ1n) is 7.93. The molecule has 118 valence electrons. The van der Waals surface area contributed by atoms with Crippen LogP contribution in [-0.4, -0.2) is 25.7 Å². The molecule has 0 saturated heterocycles. The van der Waals surface area contributed by atoms with Crippen molar-refractivity contribution in [3.8, 4) is 11.1 Å². The van der Waals surface area contributed by atoms with Crippen LogP contribution in [0.1, 0.15) is 17.9 Å².